The molecule has 9 nitrogen and oxygen atoms in total. The average molecular weight is 417 g/mol. The number of benzene rings is 2. The average Bonchev–Trinajstić information content (AvgIpc) is 2.81. The monoisotopic (exact) mass is 417 g/mol. The second-order valence-electron chi connectivity index (χ2n) is 6.71. The number of anilines is 5. The SMILES string of the molecule is OCCN(CCO)c1nc(Nc2ccccc2)c2ncnc(Nc3ccccc3)c2n1. The third-order valence-electron chi connectivity index (χ3n) is 4.57. The van der Waals surface area contributed by atoms with Gasteiger partial charge in [-0.15, -0.1) is 0 Å². The van der Waals surface area contributed by atoms with Crippen LogP contribution in [0.5, 0.6) is 0 Å². The number of aliphatic hydroxyl groups excluding tert-OH is 2. The first-order valence-corrected chi connectivity index (χ1v) is 9.92. The van der Waals surface area contributed by atoms with Gasteiger partial charge in [0, 0.05) is 24.5 Å². The normalized spacial score (nSPS) is 10.8. The first-order valence-electron chi connectivity index (χ1n) is 9.92. The quantitative estimate of drug-likeness (QED) is 0.326. The Morgan fingerprint density at radius 3 is 1.84 bits per heavy atom. The van der Waals surface area contributed by atoms with Crippen molar-refractivity contribution in [3.63, 3.8) is 0 Å². The summed E-state index contributed by atoms with van der Waals surface area (Å²) in [6, 6.07) is 19.3. The van der Waals surface area contributed by atoms with Gasteiger partial charge in [0.15, 0.2) is 11.6 Å². The topological polar surface area (TPSA) is 119 Å². The standard InChI is InChI=1S/C22H23N7O2/c30-13-11-29(12-14-31)22-27-19-18(21(28-22)26-17-9-5-2-6-10-17)23-15-24-20(19)25-16-7-3-1-4-8-16/h1-10,15,30-31H,11-14H2,(H,23,24,25)(H,26,27,28). The summed E-state index contributed by atoms with van der Waals surface area (Å²) in [6.07, 6.45) is 1.46. The van der Waals surface area contributed by atoms with E-state index >= 15 is 0 Å². The van der Waals surface area contributed by atoms with E-state index in [1.54, 1.807) is 4.90 Å². The molecule has 2 aromatic carbocycles. The van der Waals surface area contributed by atoms with Gasteiger partial charge in [0.05, 0.1) is 13.2 Å². The summed E-state index contributed by atoms with van der Waals surface area (Å²) in [5.74, 6) is 1.40. The van der Waals surface area contributed by atoms with Gasteiger partial charge in [-0.3, -0.25) is 0 Å². The summed E-state index contributed by atoms with van der Waals surface area (Å²) >= 11 is 0. The Morgan fingerprint density at radius 1 is 0.677 bits per heavy atom. The fourth-order valence-electron chi connectivity index (χ4n) is 3.13. The summed E-state index contributed by atoms with van der Waals surface area (Å²) < 4.78 is 0. The molecule has 4 N–H and O–H groups in total. The number of fused-ring (bicyclic) bond motifs is 1. The second-order valence-corrected chi connectivity index (χ2v) is 6.71. The van der Waals surface area contributed by atoms with Crippen LogP contribution < -0.4 is 15.5 Å². The molecule has 31 heavy (non-hydrogen) atoms. The van der Waals surface area contributed by atoms with E-state index in [0.717, 1.165) is 11.4 Å². The van der Waals surface area contributed by atoms with Crippen molar-refractivity contribution >= 4 is 40.0 Å². The number of aliphatic hydroxyl groups is 2. The van der Waals surface area contributed by atoms with Gasteiger partial charge in [-0.05, 0) is 24.3 Å². The minimum atomic E-state index is -0.0940. The van der Waals surface area contributed by atoms with Crippen molar-refractivity contribution in [1.82, 2.24) is 19.9 Å². The number of nitrogens with one attached hydrogen (secondary N) is 2. The van der Waals surface area contributed by atoms with E-state index in [4.69, 9.17) is 0 Å². The minimum absolute atomic E-state index is 0.0940. The molecule has 0 amide bonds. The Morgan fingerprint density at radius 2 is 1.26 bits per heavy atom. The van der Waals surface area contributed by atoms with Gasteiger partial charge in [-0.1, -0.05) is 36.4 Å². The molecular formula is C22H23N7O2. The van der Waals surface area contributed by atoms with E-state index < -0.39 is 0 Å². The van der Waals surface area contributed by atoms with Crippen LogP contribution in [0, 0.1) is 0 Å². The Balaban J connectivity index is 1.84. The van der Waals surface area contributed by atoms with Crippen LogP contribution in [0.4, 0.5) is 29.0 Å². The molecule has 0 saturated heterocycles. The molecule has 0 fully saturated rings. The van der Waals surface area contributed by atoms with Crippen molar-refractivity contribution in [2.75, 3.05) is 41.8 Å². The van der Waals surface area contributed by atoms with Gasteiger partial charge in [-0.2, -0.15) is 4.98 Å². The maximum Gasteiger partial charge on any atom is 0.228 e. The smallest absolute Gasteiger partial charge is 0.228 e. The van der Waals surface area contributed by atoms with Gasteiger partial charge in [0.1, 0.15) is 17.4 Å². The van der Waals surface area contributed by atoms with Crippen LogP contribution in [0.25, 0.3) is 11.0 Å². The maximum absolute atomic E-state index is 9.46. The van der Waals surface area contributed by atoms with E-state index in [1.807, 2.05) is 60.7 Å². The molecule has 0 aliphatic heterocycles. The fraction of sp³-hybridized carbons (Fsp3) is 0.182. The Labute approximate surface area is 179 Å². The molecule has 0 spiro atoms. The van der Waals surface area contributed by atoms with E-state index in [-0.39, 0.29) is 26.3 Å². The Hall–Kier alpha value is -3.82. The molecule has 0 atom stereocenters. The molecule has 0 saturated carbocycles. The van der Waals surface area contributed by atoms with Crippen LogP contribution in [0.15, 0.2) is 67.0 Å². The van der Waals surface area contributed by atoms with Crippen LogP contribution in [-0.4, -0.2) is 56.5 Å². The van der Waals surface area contributed by atoms with Crippen molar-refractivity contribution < 1.29 is 10.2 Å². The lowest BCUT2D eigenvalue weighted by Gasteiger charge is -2.22. The molecule has 2 heterocycles. The fourth-order valence-corrected chi connectivity index (χ4v) is 3.13. The first kappa shape index (κ1) is 20.5. The van der Waals surface area contributed by atoms with Crippen molar-refractivity contribution in [1.29, 1.82) is 0 Å². The summed E-state index contributed by atoms with van der Waals surface area (Å²) in [5, 5.41) is 25.5. The highest BCUT2D eigenvalue weighted by Gasteiger charge is 2.17. The maximum atomic E-state index is 9.46. The van der Waals surface area contributed by atoms with Crippen molar-refractivity contribution in [2.45, 2.75) is 0 Å². The van der Waals surface area contributed by atoms with E-state index in [2.05, 4.69) is 30.6 Å². The van der Waals surface area contributed by atoms with Crippen LogP contribution in [0.1, 0.15) is 0 Å². The summed E-state index contributed by atoms with van der Waals surface area (Å²) in [4.78, 5) is 19.8. The predicted octanol–water partition coefficient (Wildman–Crippen LogP) is 2.70. The zero-order chi connectivity index (χ0) is 21.5. The van der Waals surface area contributed by atoms with Gasteiger partial charge in [0.2, 0.25) is 5.95 Å². The molecule has 4 aromatic rings. The largest absolute Gasteiger partial charge is 0.395 e. The number of aromatic nitrogens is 4. The van der Waals surface area contributed by atoms with E-state index in [0.29, 0.717) is 28.6 Å². The minimum Gasteiger partial charge on any atom is -0.395 e. The summed E-state index contributed by atoms with van der Waals surface area (Å²) in [6.45, 7) is 0.379. The highest BCUT2D eigenvalue weighted by Crippen LogP contribution is 2.29. The summed E-state index contributed by atoms with van der Waals surface area (Å²) in [7, 11) is 0. The van der Waals surface area contributed by atoms with Crippen LogP contribution >= 0.6 is 0 Å². The summed E-state index contributed by atoms with van der Waals surface area (Å²) in [5.41, 5.74) is 2.79. The molecule has 4 rings (SSSR count). The molecular weight excluding hydrogens is 394 g/mol. The zero-order valence-corrected chi connectivity index (χ0v) is 16.8. The molecule has 2 aromatic heterocycles. The molecule has 158 valence electrons. The van der Waals surface area contributed by atoms with Gasteiger partial charge in [0.25, 0.3) is 0 Å². The van der Waals surface area contributed by atoms with Crippen molar-refractivity contribution in [2.24, 2.45) is 0 Å². The van der Waals surface area contributed by atoms with E-state index in [1.165, 1.54) is 6.33 Å². The lowest BCUT2D eigenvalue weighted by molar-refractivity contribution is 0.280. The first-order chi connectivity index (χ1) is 15.3. The van der Waals surface area contributed by atoms with Crippen molar-refractivity contribution in [3.8, 4) is 0 Å². The number of rotatable bonds is 9. The second kappa shape index (κ2) is 9.79. The highest BCUT2D eigenvalue weighted by molar-refractivity contribution is 5.95. The zero-order valence-electron chi connectivity index (χ0n) is 16.8. The predicted molar refractivity (Wildman–Crippen MR) is 121 cm³/mol. The number of hydrogen-bond donors (Lipinski definition) is 4. The molecule has 0 aliphatic rings. The lowest BCUT2D eigenvalue weighted by atomic mass is 10.3. The lowest BCUT2D eigenvalue weighted by Crippen LogP contribution is -2.31. The third kappa shape index (κ3) is 4.85. The highest BCUT2D eigenvalue weighted by atomic mass is 16.3. The molecule has 0 unspecified atom stereocenters. The Kier molecular flexibility index (Phi) is 6.46. The van der Waals surface area contributed by atoms with Crippen LogP contribution in [-0.2, 0) is 0 Å². The molecule has 0 aliphatic carbocycles. The molecule has 9 heteroatoms. The molecule has 0 bridgehead atoms. The van der Waals surface area contributed by atoms with Crippen LogP contribution in [0.3, 0.4) is 0 Å². The van der Waals surface area contributed by atoms with Crippen molar-refractivity contribution in [3.05, 3.63) is 67.0 Å². The number of para-hydroxylation sites is 2. The van der Waals surface area contributed by atoms with E-state index in [9.17, 15) is 10.2 Å². The van der Waals surface area contributed by atoms with Gasteiger partial charge < -0.3 is 25.7 Å². The van der Waals surface area contributed by atoms with Crippen LogP contribution in [0.2, 0.25) is 0 Å². The number of hydrogen-bond acceptors (Lipinski definition) is 9. The van der Waals surface area contributed by atoms with Gasteiger partial charge >= 0.3 is 0 Å². The third-order valence-corrected chi connectivity index (χ3v) is 4.57. The Bertz CT molecular complexity index is 1120. The van der Waals surface area contributed by atoms with Gasteiger partial charge in [-0.25, -0.2) is 15.0 Å². The molecule has 0 radical (unpaired) electrons. The number of nitrogens with zero attached hydrogens (tertiary/aromatic N) is 5.